The van der Waals surface area contributed by atoms with Crippen molar-refractivity contribution in [3.8, 4) is 0 Å². The van der Waals surface area contributed by atoms with E-state index in [0.29, 0.717) is 16.7 Å². The van der Waals surface area contributed by atoms with Gasteiger partial charge in [-0.25, -0.2) is 0 Å². The molecule has 1 aromatic rings. The fourth-order valence-corrected chi connectivity index (χ4v) is 2.85. The molecule has 114 valence electrons. The SMILES string of the molecule is CC(C)(C)c1ccc(C(=O)NC(=S)NC2CCCC2)cc1. The summed E-state index contributed by atoms with van der Waals surface area (Å²) in [5.41, 5.74) is 1.94. The smallest absolute Gasteiger partial charge is 0.257 e. The predicted molar refractivity (Wildman–Crippen MR) is 90.6 cm³/mol. The number of amides is 1. The standard InChI is InChI=1S/C17H24N2OS/c1-17(2,3)13-10-8-12(9-11-13)15(20)19-16(21)18-14-6-4-5-7-14/h8-11,14H,4-7H2,1-3H3,(H2,18,19,20,21). The van der Waals surface area contributed by atoms with Crippen LogP contribution in [0.25, 0.3) is 0 Å². The molecule has 0 bridgehead atoms. The molecule has 1 amide bonds. The Hall–Kier alpha value is -1.42. The van der Waals surface area contributed by atoms with E-state index >= 15 is 0 Å². The third kappa shape index (κ3) is 4.53. The van der Waals surface area contributed by atoms with Gasteiger partial charge in [0.15, 0.2) is 5.11 Å². The highest BCUT2D eigenvalue weighted by Gasteiger charge is 2.17. The molecule has 1 fully saturated rings. The first-order chi connectivity index (χ1) is 9.86. The Morgan fingerprint density at radius 3 is 2.24 bits per heavy atom. The van der Waals surface area contributed by atoms with E-state index in [4.69, 9.17) is 12.2 Å². The van der Waals surface area contributed by atoms with Gasteiger partial charge < -0.3 is 5.32 Å². The Kier molecular flexibility index (Phi) is 4.99. The average Bonchev–Trinajstić information content (AvgIpc) is 2.90. The number of carbonyl (C=O) groups is 1. The Bertz CT molecular complexity index is 511. The van der Waals surface area contributed by atoms with E-state index in [9.17, 15) is 4.79 Å². The predicted octanol–water partition coefficient (Wildman–Crippen LogP) is 3.53. The molecule has 0 radical (unpaired) electrons. The van der Waals surface area contributed by atoms with Crippen LogP contribution in [0.3, 0.4) is 0 Å². The molecule has 0 saturated heterocycles. The van der Waals surface area contributed by atoms with Crippen molar-refractivity contribution in [1.82, 2.24) is 10.6 Å². The summed E-state index contributed by atoms with van der Waals surface area (Å²) in [6.45, 7) is 6.47. The van der Waals surface area contributed by atoms with Gasteiger partial charge in [-0.05, 0) is 48.2 Å². The van der Waals surface area contributed by atoms with Crippen molar-refractivity contribution >= 4 is 23.2 Å². The molecule has 1 saturated carbocycles. The summed E-state index contributed by atoms with van der Waals surface area (Å²) in [4.78, 5) is 12.2. The highest BCUT2D eigenvalue weighted by molar-refractivity contribution is 7.80. The van der Waals surface area contributed by atoms with Crippen LogP contribution in [0.1, 0.15) is 62.4 Å². The van der Waals surface area contributed by atoms with Crippen LogP contribution in [0, 0.1) is 0 Å². The molecule has 0 heterocycles. The topological polar surface area (TPSA) is 41.1 Å². The Labute approximate surface area is 132 Å². The van der Waals surface area contributed by atoms with Gasteiger partial charge in [0.1, 0.15) is 0 Å². The van der Waals surface area contributed by atoms with Crippen molar-refractivity contribution in [2.24, 2.45) is 0 Å². The Morgan fingerprint density at radius 1 is 1.14 bits per heavy atom. The molecule has 1 aliphatic rings. The van der Waals surface area contributed by atoms with Crippen molar-refractivity contribution in [3.63, 3.8) is 0 Å². The number of carbonyl (C=O) groups excluding carboxylic acids is 1. The molecular formula is C17H24N2OS. The maximum absolute atomic E-state index is 12.2. The summed E-state index contributed by atoms with van der Waals surface area (Å²) < 4.78 is 0. The molecule has 1 aliphatic carbocycles. The van der Waals surface area contributed by atoms with Crippen LogP contribution >= 0.6 is 12.2 Å². The summed E-state index contributed by atoms with van der Waals surface area (Å²) >= 11 is 5.21. The first-order valence-corrected chi connectivity index (χ1v) is 7.99. The quantitative estimate of drug-likeness (QED) is 0.821. The van der Waals surface area contributed by atoms with Crippen LogP contribution < -0.4 is 10.6 Å². The van der Waals surface area contributed by atoms with E-state index in [2.05, 4.69) is 31.4 Å². The van der Waals surface area contributed by atoms with E-state index < -0.39 is 0 Å². The average molecular weight is 304 g/mol. The molecule has 0 spiro atoms. The minimum atomic E-state index is -0.147. The van der Waals surface area contributed by atoms with Crippen LogP contribution in [0.15, 0.2) is 24.3 Å². The summed E-state index contributed by atoms with van der Waals surface area (Å²) in [7, 11) is 0. The largest absolute Gasteiger partial charge is 0.360 e. The normalized spacial score (nSPS) is 15.8. The molecule has 4 heteroatoms. The molecule has 0 aromatic heterocycles. The van der Waals surface area contributed by atoms with E-state index in [1.807, 2.05) is 24.3 Å². The van der Waals surface area contributed by atoms with Gasteiger partial charge in [0.05, 0.1) is 0 Å². The minimum absolute atomic E-state index is 0.0916. The lowest BCUT2D eigenvalue weighted by Crippen LogP contribution is -2.43. The van der Waals surface area contributed by atoms with Gasteiger partial charge in [0.25, 0.3) is 5.91 Å². The van der Waals surface area contributed by atoms with Crippen LogP contribution in [-0.4, -0.2) is 17.1 Å². The van der Waals surface area contributed by atoms with Crippen molar-refractivity contribution in [3.05, 3.63) is 35.4 Å². The minimum Gasteiger partial charge on any atom is -0.360 e. The number of rotatable bonds is 2. The third-order valence-electron chi connectivity index (χ3n) is 3.93. The number of nitrogens with one attached hydrogen (secondary N) is 2. The van der Waals surface area contributed by atoms with Crippen molar-refractivity contribution < 1.29 is 4.79 Å². The molecule has 2 N–H and O–H groups in total. The maximum atomic E-state index is 12.2. The zero-order valence-electron chi connectivity index (χ0n) is 13.0. The van der Waals surface area contributed by atoms with Gasteiger partial charge in [-0.2, -0.15) is 0 Å². The Balaban J connectivity index is 1.92. The second-order valence-electron chi connectivity index (χ2n) is 6.74. The molecule has 2 rings (SSSR count). The van der Waals surface area contributed by atoms with Gasteiger partial charge in [0.2, 0.25) is 0 Å². The zero-order valence-corrected chi connectivity index (χ0v) is 13.8. The van der Waals surface area contributed by atoms with Crippen molar-refractivity contribution in [2.75, 3.05) is 0 Å². The van der Waals surface area contributed by atoms with Crippen molar-refractivity contribution in [1.29, 1.82) is 0 Å². The van der Waals surface area contributed by atoms with E-state index in [1.54, 1.807) is 0 Å². The third-order valence-corrected chi connectivity index (χ3v) is 4.15. The molecular weight excluding hydrogens is 280 g/mol. The number of hydrogen-bond donors (Lipinski definition) is 2. The van der Waals surface area contributed by atoms with E-state index in [-0.39, 0.29) is 11.3 Å². The lowest BCUT2D eigenvalue weighted by atomic mass is 9.87. The lowest BCUT2D eigenvalue weighted by molar-refractivity contribution is 0.0976. The van der Waals surface area contributed by atoms with Gasteiger partial charge >= 0.3 is 0 Å². The van der Waals surface area contributed by atoms with Crippen LogP contribution in [0.2, 0.25) is 0 Å². The van der Waals surface area contributed by atoms with Crippen LogP contribution in [-0.2, 0) is 5.41 Å². The first kappa shape index (κ1) is 16.0. The summed E-state index contributed by atoms with van der Waals surface area (Å²) in [5.74, 6) is -0.147. The van der Waals surface area contributed by atoms with Gasteiger partial charge in [-0.3, -0.25) is 10.1 Å². The van der Waals surface area contributed by atoms with Crippen molar-refractivity contribution in [2.45, 2.75) is 57.9 Å². The fraction of sp³-hybridized carbons (Fsp3) is 0.529. The maximum Gasteiger partial charge on any atom is 0.257 e. The van der Waals surface area contributed by atoms with Gasteiger partial charge in [-0.1, -0.05) is 45.7 Å². The second-order valence-corrected chi connectivity index (χ2v) is 7.14. The molecule has 3 nitrogen and oxygen atoms in total. The summed E-state index contributed by atoms with van der Waals surface area (Å²) in [5, 5.41) is 6.41. The first-order valence-electron chi connectivity index (χ1n) is 7.58. The monoisotopic (exact) mass is 304 g/mol. The van der Waals surface area contributed by atoms with Gasteiger partial charge in [0, 0.05) is 11.6 Å². The van der Waals surface area contributed by atoms with Crippen LogP contribution in [0.5, 0.6) is 0 Å². The Morgan fingerprint density at radius 2 is 1.71 bits per heavy atom. The molecule has 1 aromatic carbocycles. The zero-order chi connectivity index (χ0) is 15.5. The molecule has 0 aliphatic heterocycles. The van der Waals surface area contributed by atoms with E-state index in [0.717, 1.165) is 12.8 Å². The number of benzene rings is 1. The molecule has 0 atom stereocenters. The molecule has 0 unspecified atom stereocenters. The molecule has 21 heavy (non-hydrogen) atoms. The summed E-state index contributed by atoms with van der Waals surface area (Å²) in [6.07, 6.45) is 4.75. The second kappa shape index (κ2) is 6.56. The lowest BCUT2D eigenvalue weighted by Gasteiger charge is -2.19. The highest BCUT2D eigenvalue weighted by Crippen LogP contribution is 2.22. The van der Waals surface area contributed by atoms with E-state index in [1.165, 1.54) is 18.4 Å². The fourth-order valence-electron chi connectivity index (χ4n) is 2.59. The number of hydrogen-bond acceptors (Lipinski definition) is 2. The number of thiocarbonyl (C=S) groups is 1. The van der Waals surface area contributed by atoms with Gasteiger partial charge in [-0.15, -0.1) is 0 Å². The summed E-state index contributed by atoms with van der Waals surface area (Å²) in [6, 6.07) is 8.13. The highest BCUT2D eigenvalue weighted by atomic mass is 32.1. The van der Waals surface area contributed by atoms with Crippen LogP contribution in [0.4, 0.5) is 0 Å².